The van der Waals surface area contributed by atoms with E-state index in [2.05, 4.69) is 9.98 Å². The van der Waals surface area contributed by atoms with Gasteiger partial charge in [-0.3, -0.25) is 10.1 Å². The molecule has 8 nitrogen and oxygen atoms in total. The van der Waals surface area contributed by atoms with Gasteiger partial charge in [-0.15, -0.1) is 0 Å². The molecular formula is C16H17FN6O2. The number of para-hydroxylation sites is 1. The van der Waals surface area contributed by atoms with Crippen molar-refractivity contribution < 1.29 is 9.31 Å². The third-order valence-electron chi connectivity index (χ3n) is 3.97. The van der Waals surface area contributed by atoms with E-state index >= 15 is 0 Å². The van der Waals surface area contributed by atoms with E-state index in [1.165, 1.54) is 18.2 Å². The maximum Gasteiger partial charge on any atom is 0.287 e. The Labute approximate surface area is 143 Å². The van der Waals surface area contributed by atoms with E-state index in [0.717, 1.165) is 6.20 Å². The van der Waals surface area contributed by atoms with E-state index in [1.807, 2.05) is 9.80 Å². The van der Waals surface area contributed by atoms with Crippen LogP contribution in [0.1, 0.15) is 0 Å². The number of aliphatic imine (C=N–C) groups is 1. The molecule has 9 heteroatoms. The predicted molar refractivity (Wildman–Crippen MR) is 92.4 cm³/mol. The van der Waals surface area contributed by atoms with E-state index in [9.17, 15) is 14.5 Å². The van der Waals surface area contributed by atoms with Crippen LogP contribution in [0.4, 0.5) is 21.6 Å². The molecule has 130 valence electrons. The van der Waals surface area contributed by atoms with E-state index in [0.29, 0.717) is 37.7 Å². The molecule has 1 fully saturated rings. The molecule has 25 heavy (non-hydrogen) atoms. The zero-order valence-corrected chi connectivity index (χ0v) is 13.4. The van der Waals surface area contributed by atoms with Crippen LogP contribution in [0.15, 0.2) is 47.6 Å². The van der Waals surface area contributed by atoms with Crippen molar-refractivity contribution >= 4 is 23.2 Å². The normalized spacial score (nSPS) is 15.3. The molecule has 0 amide bonds. The van der Waals surface area contributed by atoms with Crippen LogP contribution in [0, 0.1) is 15.9 Å². The van der Waals surface area contributed by atoms with E-state index in [4.69, 9.17) is 5.73 Å². The lowest BCUT2D eigenvalue weighted by Crippen LogP contribution is -2.51. The van der Waals surface area contributed by atoms with Crippen molar-refractivity contribution in [3.05, 3.63) is 58.5 Å². The number of nitrogens with zero attached hydrogens (tertiary/aromatic N) is 5. The minimum absolute atomic E-state index is 0.101. The summed E-state index contributed by atoms with van der Waals surface area (Å²) in [4.78, 5) is 22.0. The number of hydrogen-bond acceptors (Lipinski definition) is 5. The highest BCUT2D eigenvalue weighted by Gasteiger charge is 2.20. The minimum Gasteiger partial charge on any atom is -0.369 e. The number of anilines is 1. The monoisotopic (exact) mass is 344 g/mol. The Hall–Kier alpha value is -3.23. The number of benzene rings is 1. The lowest BCUT2D eigenvalue weighted by Gasteiger charge is -2.36. The Balaban J connectivity index is 1.64. The van der Waals surface area contributed by atoms with Gasteiger partial charge < -0.3 is 15.5 Å². The van der Waals surface area contributed by atoms with Crippen molar-refractivity contribution in [1.29, 1.82) is 0 Å². The van der Waals surface area contributed by atoms with E-state index < -0.39 is 4.92 Å². The average Bonchev–Trinajstić information content (AvgIpc) is 2.63. The predicted octanol–water partition coefficient (Wildman–Crippen LogP) is 1.90. The standard InChI is InChI=1S/C16H17FN6O2/c17-13-3-1-2-4-14(13)21-7-9-22(10-8-21)16(18)20-15-6-5-12(11-19-15)23(24)25/h1-6,11H,7-10H2,(H2,18,19,20). The lowest BCUT2D eigenvalue weighted by atomic mass is 10.2. The Morgan fingerprint density at radius 1 is 1.20 bits per heavy atom. The summed E-state index contributed by atoms with van der Waals surface area (Å²) in [5.74, 6) is 0.349. The third kappa shape index (κ3) is 3.82. The van der Waals surface area contributed by atoms with Gasteiger partial charge in [0.1, 0.15) is 12.0 Å². The molecule has 1 aliphatic heterocycles. The first-order chi connectivity index (χ1) is 12.0. The minimum atomic E-state index is -0.522. The zero-order chi connectivity index (χ0) is 17.8. The van der Waals surface area contributed by atoms with Crippen molar-refractivity contribution in [1.82, 2.24) is 9.88 Å². The van der Waals surface area contributed by atoms with Gasteiger partial charge in [0.05, 0.1) is 10.6 Å². The molecule has 3 rings (SSSR count). The number of nitro groups is 1. The molecule has 0 bridgehead atoms. The molecule has 0 radical (unpaired) electrons. The molecule has 0 atom stereocenters. The molecule has 0 aliphatic carbocycles. The Morgan fingerprint density at radius 3 is 2.52 bits per heavy atom. The van der Waals surface area contributed by atoms with Gasteiger partial charge in [0.2, 0.25) is 0 Å². The molecule has 0 spiro atoms. The van der Waals surface area contributed by atoms with Crippen LogP contribution in [-0.2, 0) is 0 Å². The Bertz CT molecular complexity index is 787. The number of aromatic nitrogens is 1. The van der Waals surface area contributed by atoms with Crippen LogP contribution < -0.4 is 10.6 Å². The smallest absolute Gasteiger partial charge is 0.287 e. The average molecular weight is 344 g/mol. The summed E-state index contributed by atoms with van der Waals surface area (Å²) in [5.41, 5.74) is 6.48. The van der Waals surface area contributed by atoms with Crippen LogP contribution in [0.25, 0.3) is 0 Å². The fraction of sp³-hybridized carbons (Fsp3) is 0.250. The highest BCUT2D eigenvalue weighted by molar-refractivity contribution is 5.80. The second-order valence-electron chi connectivity index (χ2n) is 5.53. The van der Waals surface area contributed by atoms with Gasteiger partial charge in [-0.2, -0.15) is 4.99 Å². The van der Waals surface area contributed by atoms with Gasteiger partial charge in [0.15, 0.2) is 11.8 Å². The molecule has 1 aromatic carbocycles. The first-order valence-electron chi connectivity index (χ1n) is 7.73. The fourth-order valence-electron chi connectivity index (χ4n) is 2.63. The summed E-state index contributed by atoms with van der Waals surface area (Å²) < 4.78 is 13.8. The van der Waals surface area contributed by atoms with Gasteiger partial charge in [0, 0.05) is 32.2 Å². The molecule has 2 aromatic rings. The topological polar surface area (TPSA) is 101 Å². The molecule has 0 saturated carbocycles. The van der Waals surface area contributed by atoms with E-state index in [1.54, 1.807) is 18.2 Å². The summed E-state index contributed by atoms with van der Waals surface area (Å²) in [7, 11) is 0. The highest BCUT2D eigenvalue weighted by atomic mass is 19.1. The highest BCUT2D eigenvalue weighted by Crippen LogP contribution is 2.20. The third-order valence-corrected chi connectivity index (χ3v) is 3.97. The first kappa shape index (κ1) is 16.6. The van der Waals surface area contributed by atoms with Crippen LogP contribution in [0.2, 0.25) is 0 Å². The van der Waals surface area contributed by atoms with Crippen molar-refractivity contribution in [2.75, 3.05) is 31.1 Å². The molecule has 1 saturated heterocycles. The second kappa shape index (κ2) is 7.12. The number of halogens is 1. The molecule has 1 aliphatic rings. The summed E-state index contributed by atoms with van der Waals surface area (Å²) in [6.45, 7) is 2.42. The number of nitrogens with two attached hydrogens (primary N) is 1. The maximum absolute atomic E-state index is 13.8. The number of guanidine groups is 1. The largest absolute Gasteiger partial charge is 0.369 e. The number of hydrogen-bond donors (Lipinski definition) is 1. The number of pyridine rings is 1. The summed E-state index contributed by atoms with van der Waals surface area (Å²) >= 11 is 0. The number of rotatable bonds is 3. The zero-order valence-electron chi connectivity index (χ0n) is 13.4. The quantitative estimate of drug-likeness (QED) is 0.395. The molecule has 2 N–H and O–H groups in total. The van der Waals surface area contributed by atoms with Crippen molar-refractivity contribution in [2.24, 2.45) is 10.7 Å². The fourth-order valence-corrected chi connectivity index (χ4v) is 2.63. The molecule has 2 heterocycles. The summed E-state index contributed by atoms with van der Waals surface area (Å²) in [6, 6.07) is 9.44. The van der Waals surface area contributed by atoms with Crippen molar-refractivity contribution in [2.45, 2.75) is 0 Å². The van der Waals surface area contributed by atoms with Crippen molar-refractivity contribution in [3.63, 3.8) is 0 Å². The first-order valence-corrected chi connectivity index (χ1v) is 7.73. The lowest BCUT2D eigenvalue weighted by molar-refractivity contribution is -0.385. The SMILES string of the molecule is NC(=Nc1ccc([N+](=O)[O-])cn1)N1CCN(c2ccccc2F)CC1. The van der Waals surface area contributed by atoms with Crippen molar-refractivity contribution in [3.8, 4) is 0 Å². The Morgan fingerprint density at radius 2 is 1.92 bits per heavy atom. The maximum atomic E-state index is 13.8. The summed E-state index contributed by atoms with van der Waals surface area (Å²) in [5, 5.41) is 10.6. The second-order valence-corrected chi connectivity index (χ2v) is 5.53. The van der Waals surface area contributed by atoms with Gasteiger partial charge in [-0.25, -0.2) is 9.37 Å². The van der Waals surface area contributed by atoms with E-state index in [-0.39, 0.29) is 17.5 Å². The van der Waals surface area contributed by atoms with Gasteiger partial charge in [-0.1, -0.05) is 12.1 Å². The van der Waals surface area contributed by atoms with Crippen LogP contribution in [0.3, 0.4) is 0 Å². The number of piperazine rings is 1. The van der Waals surface area contributed by atoms with Crippen LogP contribution in [-0.4, -0.2) is 46.9 Å². The van der Waals surface area contributed by atoms with Crippen LogP contribution in [0.5, 0.6) is 0 Å². The molecule has 0 unspecified atom stereocenters. The van der Waals surface area contributed by atoms with Gasteiger partial charge >= 0.3 is 0 Å². The van der Waals surface area contributed by atoms with Gasteiger partial charge in [0.25, 0.3) is 5.69 Å². The summed E-state index contributed by atoms with van der Waals surface area (Å²) in [6.07, 6.45) is 1.14. The molecule has 1 aromatic heterocycles. The Kier molecular flexibility index (Phi) is 4.73. The van der Waals surface area contributed by atoms with Crippen LogP contribution >= 0.6 is 0 Å². The molecular weight excluding hydrogens is 327 g/mol. The van der Waals surface area contributed by atoms with Gasteiger partial charge in [-0.05, 0) is 18.2 Å².